The van der Waals surface area contributed by atoms with E-state index in [2.05, 4.69) is 46.9 Å². The summed E-state index contributed by atoms with van der Waals surface area (Å²) in [6.07, 6.45) is 9.73. The van der Waals surface area contributed by atoms with Gasteiger partial charge < -0.3 is 15.2 Å². The van der Waals surface area contributed by atoms with Gasteiger partial charge in [-0.3, -0.25) is 19.2 Å². The number of esters is 1. The Balaban J connectivity index is 1.50. The van der Waals surface area contributed by atoms with Crippen molar-refractivity contribution in [2.24, 2.45) is 55.7 Å². The first-order valence-electron chi connectivity index (χ1n) is 16.5. The second kappa shape index (κ2) is 9.66. The normalized spacial score (nSPS) is 45.3. The summed E-state index contributed by atoms with van der Waals surface area (Å²) in [6.45, 7) is 19.0. The topological polar surface area (TPSA) is 110 Å². The lowest BCUT2D eigenvalue weighted by atomic mass is 9.33. The molecule has 0 heterocycles. The van der Waals surface area contributed by atoms with Crippen molar-refractivity contribution in [3.63, 3.8) is 0 Å². The lowest BCUT2D eigenvalue weighted by Gasteiger charge is -2.70. The number of aliphatic carboxylic acids is 1. The number of allylic oxidation sites excluding steroid dienone is 2. The highest BCUT2D eigenvalue weighted by Crippen LogP contribution is 2.75. The highest BCUT2D eigenvalue weighted by Gasteiger charge is 2.70. The summed E-state index contributed by atoms with van der Waals surface area (Å²) in [4.78, 5) is 52.6. The highest BCUT2D eigenvalue weighted by atomic mass is 16.5. The highest BCUT2D eigenvalue weighted by molar-refractivity contribution is 6.02. The second-order valence-corrected chi connectivity index (χ2v) is 17.6. The van der Waals surface area contributed by atoms with Gasteiger partial charge in [0, 0.05) is 12.0 Å². The number of methoxy groups -OCH3 is 1. The van der Waals surface area contributed by atoms with E-state index in [4.69, 9.17) is 4.74 Å². The van der Waals surface area contributed by atoms with Gasteiger partial charge in [0.05, 0.1) is 12.5 Å². The Labute approximate surface area is 258 Å². The van der Waals surface area contributed by atoms with Crippen LogP contribution in [0.5, 0.6) is 0 Å². The molecule has 0 aromatic rings. The Hall–Kier alpha value is -2.18. The van der Waals surface area contributed by atoms with Crippen molar-refractivity contribution in [3.05, 3.63) is 11.6 Å². The minimum absolute atomic E-state index is 0.0289. The fourth-order valence-corrected chi connectivity index (χ4v) is 11.3. The van der Waals surface area contributed by atoms with Crippen molar-refractivity contribution in [1.82, 2.24) is 5.32 Å². The molecule has 0 aliphatic heterocycles. The molecular weight excluding hydrogens is 542 g/mol. The Morgan fingerprint density at radius 3 is 2.16 bits per heavy atom. The van der Waals surface area contributed by atoms with Crippen LogP contribution in [0.25, 0.3) is 0 Å². The van der Waals surface area contributed by atoms with Crippen LogP contribution in [-0.4, -0.2) is 41.9 Å². The van der Waals surface area contributed by atoms with E-state index in [9.17, 15) is 24.3 Å². The molecule has 0 spiro atoms. The smallest absolute Gasteiger partial charge is 0.320 e. The number of nitrogens with one attached hydrogen (secondary N) is 1. The van der Waals surface area contributed by atoms with Crippen LogP contribution in [0.3, 0.4) is 0 Å². The van der Waals surface area contributed by atoms with E-state index in [1.165, 1.54) is 12.7 Å². The first-order valence-corrected chi connectivity index (χ1v) is 16.5. The molecule has 7 heteroatoms. The first kappa shape index (κ1) is 32.2. The molecule has 0 unspecified atom stereocenters. The summed E-state index contributed by atoms with van der Waals surface area (Å²) in [6, 6.07) is -0.113. The number of amides is 1. The van der Waals surface area contributed by atoms with E-state index in [1.807, 2.05) is 13.0 Å². The van der Waals surface area contributed by atoms with Crippen molar-refractivity contribution < 1.29 is 29.0 Å². The molecule has 0 aromatic carbocycles. The summed E-state index contributed by atoms with van der Waals surface area (Å²) >= 11 is 0. The van der Waals surface area contributed by atoms with Gasteiger partial charge >= 0.3 is 11.9 Å². The molecule has 240 valence electrons. The summed E-state index contributed by atoms with van der Waals surface area (Å²) in [5, 5.41) is 13.4. The lowest BCUT2D eigenvalue weighted by Crippen LogP contribution is -2.68. The number of carboxylic acids is 1. The molecule has 0 aromatic heterocycles. The molecule has 5 rings (SSSR count). The summed E-state index contributed by atoms with van der Waals surface area (Å²) in [5.41, 5.74) is -1.69. The molecule has 5 aliphatic carbocycles. The number of hydrogen-bond donors (Lipinski definition) is 2. The summed E-state index contributed by atoms with van der Waals surface area (Å²) < 4.78 is 4.90. The van der Waals surface area contributed by atoms with E-state index in [0.29, 0.717) is 12.8 Å². The van der Waals surface area contributed by atoms with Gasteiger partial charge in [-0.25, -0.2) is 0 Å². The number of carbonyl (C=O) groups is 4. The standard InChI is InChI=1S/C36H55NO6/c1-30(2)24-11-14-36(9)26(34(24,7)13-12-25(30)37-27(39)31(3,4)29(42)43-10)23(38)19-21-22-20-33(6,28(40)41)16-15-32(22,5)17-18-35(21,36)8/h19,22,24-26H,11-18,20H2,1-10H3,(H,37,39)(H,40,41)/t22-,24-,25-,26+,32+,33-,34-,35+,36+/m0/s1. The van der Waals surface area contributed by atoms with Crippen LogP contribution in [0.2, 0.25) is 0 Å². The number of carbonyl (C=O) groups excluding carboxylic acids is 3. The van der Waals surface area contributed by atoms with E-state index in [0.717, 1.165) is 44.9 Å². The first-order chi connectivity index (χ1) is 19.6. The third-order valence-electron chi connectivity index (χ3n) is 14.7. The molecule has 4 saturated carbocycles. The zero-order chi connectivity index (χ0) is 32.2. The number of fused-ring (bicyclic) bond motifs is 7. The van der Waals surface area contributed by atoms with E-state index < -0.39 is 22.8 Å². The molecule has 43 heavy (non-hydrogen) atoms. The van der Waals surface area contributed by atoms with Crippen LogP contribution < -0.4 is 5.32 Å². The molecule has 0 radical (unpaired) electrons. The third kappa shape index (κ3) is 4.25. The van der Waals surface area contributed by atoms with E-state index >= 15 is 0 Å². The van der Waals surface area contributed by atoms with Crippen LogP contribution in [-0.2, 0) is 23.9 Å². The molecular formula is C36H55NO6. The maximum Gasteiger partial charge on any atom is 0.320 e. The van der Waals surface area contributed by atoms with Crippen LogP contribution in [0.15, 0.2) is 11.6 Å². The quantitative estimate of drug-likeness (QED) is 0.275. The fraction of sp³-hybridized carbons (Fsp3) is 0.833. The monoisotopic (exact) mass is 597 g/mol. The molecule has 5 aliphatic rings. The largest absolute Gasteiger partial charge is 0.481 e. The van der Waals surface area contributed by atoms with Gasteiger partial charge in [0.15, 0.2) is 5.78 Å². The number of carboxylic acid groups (broad SMARTS) is 1. The van der Waals surface area contributed by atoms with Gasteiger partial charge in [0.25, 0.3) is 0 Å². The molecule has 7 nitrogen and oxygen atoms in total. The minimum Gasteiger partial charge on any atom is -0.481 e. The zero-order valence-corrected chi connectivity index (χ0v) is 28.2. The molecule has 1 amide bonds. The van der Waals surface area contributed by atoms with Gasteiger partial charge in [-0.15, -0.1) is 0 Å². The van der Waals surface area contributed by atoms with Crippen molar-refractivity contribution >= 4 is 23.6 Å². The molecule has 2 N–H and O–H groups in total. The van der Waals surface area contributed by atoms with Crippen molar-refractivity contribution in [2.75, 3.05) is 7.11 Å². The number of ether oxygens (including phenoxy) is 1. The predicted octanol–water partition coefficient (Wildman–Crippen LogP) is 6.74. The molecule has 0 saturated heterocycles. The maximum atomic E-state index is 14.6. The maximum absolute atomic E-state index is 14.6. The predicted molar refractivity (Wildman–Crippen MR) is 165 cm³/mol. The average Bonchev–Trinajstić information content (AvgIpc) is 2.91. The number of rotatable bonds is 4. The second-order valence-electron chi connectivity index (χ2n) is 17.6. The van der Waals surface area contributed by atoms with Gasteiger partial charge in [0.2, 0.25) is 5.91 Å². The fourth-order valence-electron chi connectivity index (χ4n) is 11.3. The van der Waals surface area contributed by atoms with Crippen molar-refractivity contribution in [2.45, 2.75) is 126 Å². The molecule has 9 atom stereocenters. The number of ketones is 1. The minimum atomic E-state index is -1.28. The third-order valence-corrected chi connectivity index (χ3v) is 14.7. The van der Waals surface area contributed by atoms with Gasteiger partial charge in [-0.05, 0) is 124 Å². The average molecular weight is 598 g/mol. The van der Waals surface area contributed by atoms with Gasteiger partial charge in [-0.2, -0.15) is 0 Å². The molecule has 4 fully saturated rings. The van der Waals surface area contributed by atoms with Crippen molar-refractivity contribution in [3.8, 4) is 0 Å². The zero-order valence-electron chi connectivity index (χ0n) is 28.2. The summed E-state index contributed by atoms with van der Waals surface area (Å²) in [7, 11) is 1.31. The number of hydrogen-bond acceptors (Lipinski definition) is 5. The van der Waals surface area contributed by atoms with Crippen molar-refractivity contribution in [1.29, 1.82) is 0 Å². The lowest BCUT2D eigenvalue weighted by molar-refractivity contribution is -0.190. The van der Waals surface area contributed by atoms with Gasteiger partial charge in [0.1, 0.15) is 5.41 Å². The Morgan fingerprint density at radius 1 is 0.930 bits per heavy atom. The molecule has 0 bridgehead atoms. The SMILES string of the molecule is COC(=O)C(C)(C)C(=O)N[C@H]1CC[C@]2(C)[C@H]3C(=O)C=C4[C@@H]5C[C@@](C)(C(=O)O)CC[C@]5(C)CC[C@@]4(C)[C@]3(C)CC[C@H]2C1(C)C. The van der Waals surface area contributed by atoms with Crippen LogP contribution >= 0.6 is 0 Å². The Bertz CT molecular complexity index is 1280. The van der Waals surface area contributed by atoms with E-state index in [-0.39, 0.29) is 62.6 Å². The van der Waals surface area contributed by atoms with Crippen LogP contribution in [0, 0.1) is 55.7 Å². The summed E-state index contributed by atoms with van der Waals surface area (Å²) in [5.74, 6) is -1.17. The Morgan fingerprint density at radius 2 is 1.56 bits per heavy atom. The van der Waals surface area contributed by atoms with Gasteiger partial charge in [-0.1, -0.05) is 47.1 Å². The Kier molecular flexibility index (Phi) is 7.24. The van der Waals surface area contributed by atoms with Crippen LogP contribution in [0.4, 0.5) is 0 Å². The van der Waals surface area contributed by atoms with Crippen LogP contribution in [0.1, 0.15) is 120 Å². The van der Waals surface area contributed by atoms with E-state index in [1.54, 1.807) is 13.8 Å².